The predicted octanol–water partition coefficient (Wildman–Crippen LogP) is 9.37. The minimum absolute atomic E-state index is 0.274. The summed E-state index contributed by atoms with van der Waals surface area (Å²) < 4.78 is 11.5. The van der Waals surface area contributed by atoms with Crippen molar-refractivity contribution in [2.45, 2.75) is 158 Å². The number of hydrogen-bond donors (Lipinski definition) is 1. The molecule has 0 amide bonds. The average molecular weight is 561 g/mol. The van der Waals surface area contributed by atoms with Gasteiger partial charge in [-0.15, -0.1) is 0 Å². The first kappa shape index (κ1) is 36.1. The van der Waals surface area contributed by atoms with Gasteiger partial charge >= 0.3 is 11.9 Å². The van der Waals surface area contributed by atoms with E-state index in [0.29, 0.717) is 30.3 Å². The molecule has 0 radical (unpaired) electrons. The number of rotatable bonds is 19. The van der Waals surface area contributed by atoms with Crippen LogP contribution in [-0.2, 0) is 16.0 Å². The van der Waals surface area contributed by atoms with E-state index in [2.05, 4.69) is 27.7 Å². The van der Waals surface area contributed by atoms with Crippen molar-refractivity contribution in [3.05, 3.63) is 22.3 Å². The maximum absolute atomic E-state index is 12.2. The Morgan fingerprint density at radius 2 is 1.15 bits per heavy atom. The van der Waals surface area contributed by atoms with Gasteiger partial charge < -0.3 is 14.6 Å². The molecule has 0 aliphatic carbocycles. The highest BCUT2D eigenvalue weighted by atomic mass is 16.5. The fourth-order valence-corrected chi connectivity index (χ4v) is 5.45. The summed E-state index contributed by atoms with van der Waals surface area (Å²) in [4.78, 5) is 24.4. The fraction of sp³-hybridized carbons (Fsp3) is 0.771. The molecule has 0 fully saturated rings. The van der Waals surface area contributed by atoms with Gasteiger partial charge in [0.15, 0.2) is 0 Å². The van der Waals surface area contributed by atoms with E-state index in [-0.39, 0.29) is 24.8 Å². The summed E-state index contributed by atoms with van der Waals surface area (Å²) in [5.41, 5.74) is 2.39. The Bertz CT molecular complexity index is 930. The first-order valence-corrected chi connectivity index (χ1v) is 16.0. The van der Waals surface area contributed by atoms with Gasteiger partial charge in [0.2, 0.25) is 0 Å². The Hall–Kier alpha value is -1.88. The predicted molar refractivity (Wildman–Crippen MR) is 166 cm³/mol. The first-order chi connectivity index (χ1) is 18.7. The van der Waals surface area contributed by atoms with Gasteiger partial charge in [0, 0.05) is 18.4 Å². The van der Waals surface area contributed by atoms with Crippen LogP contribution in [-0.4, -0.2) is 22.6 Å². The van der Waals surface area contributed by atoms with Crippen molar-refractivity contribution in [1.82, 2.24) is 0 Å². The molecule has 1 aromatic rings. The molecule has 0 spiro atoms. The third-order valence-electron chi connectivity index (χ3n) is 8.52. The second-order valence-electron chi connectivity index (χ2n) is 13.0. The number of benzene rings is 1. The van der Waals surface area contributed by atoms with Crippen LogP contribution in [0.15, 0.2) is 0 Å². The van der Waals surface area contributed by atoms with E-state index in [1.807, 2.05) is 27.7 Å². The molecule has 5 nitrogen and oxygen atoms in total. The maximum Gasteiger partial charge on any atom is 0.310 e. The van der Waals surface area contributed by atoms with Gasteiger partial charge in [0.1, 0.15) is 11.5 Å². The quantitative estimate of drug-likeness (QED) is 0.135. The first-order valence-electron chi connectivity index (χ1n) is 16.0. The van der Waals surface area contributed by atoms with E-state index in [1.165, 1.54) is 38.5 Å². The molecule has 0 aliphatic rings. The molecular weight excluding hydrogens is 500 g/mol. The minimum Gasteiger partial charge on any atom is -0.426 e. The molecule has 230 valence electrons. The van der Waals surface area contributed by atoms with Gasteiger partial charge in [-0.2, -0.15) is 0 Å². The summed E-state index contributed by atoms with van der Waals surface area (Å²) in [6.07, 6.45) is 12.4. The SMILES string of the molecule is CCC(=O)Oc1c(C)c(C)c(OC(=O)CC)c(CC[C@](C)(O)CCC[C@H](C)CCC[C@H](C)CCCC(C)C)c1C. The zero-order chi connectivity index (χ0) is 30.5. The van der Waals surface area contributed by atoms with Crippen LogP contribution in [0.1, 0.15) is 148 Å². The second kappa shape index (κ2) is 17.8. The van der Waals surface area contributed by atoms with Gasteiger partial charge in [0.05, 0.1) is 5.60 Å². The Morgan fingerprint density at radius 3 is 1.65 bits per heavy atom. The third kappa shape index (κ3) is 12.7. The standard InChI is InChI=1S/C35H60O5/c1-11-31(36)39-33-27(7)28(8)34(40-32(37)12-2)30(29(33)9)21-23-35(10,38)22-15-20-26(6)19-14-18-25(5)17-13-16-24(3)4/h24-26,38H,11-23H2,1-10H3/t25-,26-,35-/m1/s1. The topological polar surface area (TPSA) is 72.8 Å². The van der Waals surface area contributed by atoms with Crippen molar-refractivity contribution in [2.24, 2.45) is 17.8 Å². The lowest BCUT2D eigenvalue weighted by molar-refractivity contribution is -0.135. The summed E-state index contributed by atoms with van der Waals surface area (Å²) in [6, 6.07) is 0. The highest BCUT2D eigenvalue weighted by Crippen LogP contribution is 2.40. The molecule has 0 saturated heterocycles. The number of esters is 2. The summed E-state index contributed by atoms with van der Waals surface area (Å²) in [7, 11) is 0. The van der Waals surface area contributed by atoms with Crippen molar-refractivity contribution < 1.29 is 24.2 Å². The molecule has 0 aliphatic heterocycles. The Morgan fingerprint density at radius 1 is 0.700 bits per heavy atom. The van der Waals surface area contributed by atoms with Gasteiger partial charge in [-0.25, -0.2) is 0 Å². The van der Waals surface area contributed by atoms with Gasteiger partial charge in [-0.1, -0.05) is 92.9 Å². The lowest BCUT2D eigenvalue weighted by Crippen LogP contribution is -2.25. The van der Waals surface area contributed by atoms with Crippen LogP contribution in [0.3, 0.4) is 0 Å². The fourth-order valence-electron chi connectivity index (χ4n) is 5.45. The summed E-state index contributed by atoms with van der Waals surface area (Å²) in [5.74, 6) is 2.77. The lowest BCUT2D eigenvalue weighted by atomic mass is 9.86. The molecular formula is C35H60O5. The van der Waals surface area contributed by atoms with Crippen LogP contribution in [0, 0.1) is 38.5 Å². The highest BCUT2D eigenvalue weighted by molar-refractivity contribution is 5.76. The maximum atomic E-state index is 12.2. The van der Waals surface area contributed by atoms with Crippen LogP contribution in [0.4, 0.5) is 0 Å². The van der Waals surface area contributed by atoms with Gasteiger partial charge in [-0.05, 0) is 81.4 Å². The van der Waals surface area contributed by atoms with Crippen molar-refractivity contribution in [3.8, 4) is 11.5 Å². The monoisotopic (exact) mass is 560 g/mol. The van der Waals surface area contributed by atoms with E-state index in [1.54, 1.807) is 13.8 Å². The molecule has 1 aromatic carbocycles. The number of aliphatic hydroxyl groups is 1. The minimum atomic E-state index is -0.831. The van der Waals surface area contributed by atoms with Crippen molar-refractivity contribution in [2.75, 3.05) is 0 Å². The third-order valence-corrected chi connectivity index (χ3v) is 8.52. The summed E-state index contributed by atoms with van der Waals surface area (Å²) in [5, 5.41) is 11.3. The molecule has 0 unspecified atom stereocenters. The second-order valence-corrected chi connectivity index (χ2v) is 13.0. The van der Waals surface area contributed by atoms with Gasteiger partial charge in [0.25, 0.3) is 0 Å². The molecule has 5 heteroatoms. The molecule has 0 aromatic heterocycles. The van der Waals surface area contributed by atoms with Crippen molar-refractivity contribution in [1.29, 1.82) is 0 Å². The number of ether oxygens (including phenoxy) is 2. The van der Waals surface area contributed by atoms with Crippen LogP contribution < -0.4 is 9.47 Å². The summed E-state index contributed by atoms with van der Waals surface area (Å²) in [6.45, 7) is 20.5. The Balaban J connectivity index is 2.76. The van der Waals surface area contributed by atoms with Crippen LogP contribution in [0.25, 0.3) is 0 Å². The number of hydrogen-bond acceptors (Lipinski definition) is 5. The van der Waals surface area contributed by atoms with Gasteiger partial charge in [-0.3, -0.25) is 9.59 Å². The van der Waals surface area contributed by atoms with Crippen LogP contribution >= 0.6 is 0 Å². The van der Waals surface area contributed by atoms with Crippen molar-refractivity contribution >= 4 is 11.9 Å². The molecule has 0 bridgehead atoms. The Labute approximate surface area is 245 Å². The largest absolute Gasteiger partial charge is 0.426 e. The number of carbonyl (C=O) groups excluding carboxylic acids is 2. The molecule has 3 atom stereocenters. The molecule has 0 heterocycles. The molecule has 40 heavy (non-hydrogen) atoms. The smallest absolute Gasteiger partial charge is 0.310 e. The normalized spacial score (nSPS) is 14.6. The van der Waals surface area contributed by atoms with E-state index in [0.717, 1.165) is 53.4 Å². The molecule has 1 rings (SSSR count). The lowest BCUT2D eigenvalue weighted by Gasteiger charge is -2.26. The van der Waals surface area contributed by atoms with Crippen molar-refractivity contribution in [3.63, 3.8) is 0 Å². The highest BCUT2D eigenvalue weighted by Gasteiger charge is 2.26. The Kier molecular flexibility index (Phi) is 16.1. The molecule has 0 saturated carbocycles. The number of carbonyl (C=O) groups is 2. The van der Waals surface area contributed by atoms with E-state index in [4.69, 9.17) is 9.47 Å². The summed E-state index contributed by atoms with van der Waals surface area (Å²) >= 11 is 0. The zero-order valence-electron chi connectivity index (χ0n) is 27.5. The molecule has 1 N–H and O–H groups in total. The zero-order valence-corrected chi connectivity index (χ0v) is 27.5. The van der Waals surface area contributed by atoms with E-state index < -0.39 is 5.60 Å². The average Bonchev–Trinajstić information content (AvgIpc) is 2.88. The van der Waals surface area contributed by atoms with E-state index >= 15 is 0 Å². The van der Waals surface area contributed by atoms with E-state index in [9.17, 15) is 14.7 Å². The van der Waals surface area contributed by atoms with Crippen LogP contribution in [0.2, 0.25) is 0 Å². The van der Waals surface area contributed by atoms with Crippen LogP contribution in [0.5, 0.6) is 11.5 Å².